The number of carbonyl (C=O) groups is 1. The third-order valence-electron chi connectivity index (χ3n) is 2.11. The van der Waals surface area contributed by atoms with Crippen LogP contribution in [0.1, 0.15) is 11.5 Å². The third kappa shape index (κ3) is 2.75. The van der Waals surface area contributed by atoms with E-state index in [-0.39, 0.29) is 23.9 Å². The summed E-state index contributed by atoms with van der Waals surface area (Å²) in [6.45, 7) is 1.98. The Bertz CT molecular complexity index is 557. The lowest BCUT2D eigenvalue weighted by atomic mass is 10.4. The van der Waals surface area contributed by atoms with Crippen molar-refractivity contribution in [3.63, 3.8) is 0 Å². The monoisotopic (exact) mass is 254 g/mol. The zero-order valence-corrected chi connectivity index (χ0v) is 9.82. The third-order valence-corrected chi connectivity index (χ3v) is 2.99. The lowest BCUT2D eigenvalue weighted by molar-refractivity contribution is -0.121. The summed E-state index contributed by atoms with van der Waals surface area (Å²) in [4.78, 5) is 22.8. The van der Waals surface area contributed by atoms with Gasteiger partial charge in [-0.25, -0.2) is 0 Å². The molecule has 0 aliphatic carbocycles. The Kier molecular flexibility index (Phi) is 3.28. The Morgan fingerprint density at radius 2 is 2.47 bits per heavy atom. The van der Waals surface area contributed by atoms with Gasteiger partial charge >= 0.3 is 4.87 Å². The highest BCUT2D eigenvalue weighted by Gasteiger charge is 2.08. The molecule has 2 aromatic heterocycles. The number of carbonyl (C=O) groups excluding carboxylic acids is 1. The number of rotatable bonds is 4. The van der Waals surface area contributed by atoms with Gasteiger partial charge in [0.15, 0.2) is 5.82 Å². The van der Waals surface area contributed by atoms with E-state index in [0.29, 0.717) is 5.82 Å². The maximum Gasteiger partial charge on any atom is 0.307 e. The van der Waals surface area contributed by atoms with Crippen LogP contribution in [0.4, 0.5) is 0 Å². The topological polar surface area (TPSA) is 106 Å². The van der Waals surface area contributed by atoms with E-state index in [4.69, 9.17) is 0 Å². The number of thiazole rings is 1. The van der Waals surface area contributed by atoms with Gasteiger partial charge in [-0.1, -0.05) is 16.6 Å². The van der Waals surface area contributed by atoms with Crippen LogP contribution in [0.3, 0.4) is 0 Å². The van der Waals surface area contributed by atoms with Crippen LogP contribution in [-0.2, 0) is 17.9 Å². The maximum absolute atomic E-state index is 11.6. The summed E-state index contributed by atoms with van der Waals surface area (Å²) >= 11 is 1.08. The van der Waals surface area contributed by atoms with Gasteiger partial charge in [-0.15, -0.1) is 10.2 Å². The minimum Gasteiger partial charge on any atom is -0.347 e. The SMILES string of the molecule is Cc1csc(=O)n1CC(=O)NCc1nn[nH]n1. The molecule has 0 radical (unpaired) electrons. The molecule has 0 aliphatic heterocycles. The highest BCUT2D eigenvalue weighted by atomic mass is 32.1. The zero-order valence-electron chi connectivity index (χ0n) is 9.01. The van der Waals surface area contributed by atoms with Crippen molar-refractivity contribution in [2.24, 2.45) is 0 Å². The van der Waals surface area contributed by atoms with E-state index in [1.54, 1.807) is 12.3 Å². The second-order valence-electron chi connectivity index (χ2n) is 3.33. The average molecular weight is 254 g/mol. The first-order valence-electron chi connectivity index (χ1n) is 4.81. The van der Waals surface area contributed by atoms with E-state index < -0.39 is 0 Å². The molecule has 2 heterocycles. The normalized spacial score (nSPS) is 10.4. The van der Waals surface area contributed by atoms with Gasteiger partial charge in [0.2, 0.25) is 5.91 Å². The van der Waals surface area contributed by atoms with Gasteiger partial charge in [0, 0.05) is 11.1 Å². The van der Waals surface area contributed by atoms with E-state index in [1.807, 2.05) is 0 Å². The van der Waals surface area contributed by atoms with Crippen molar-refractivity contribution in [1.29, 1.82) is 0 Å². The summed E-state index contributed by atoms with van der Waals surface area (Å²) in [6, 6.07) is 0. The smallest absolute Gasteiger partial charge is 0.307 e. The van der Waals surface area contributed by atoms with Crippen LogP contribution >= 0.6 is 11.3 Å². The Balaban J connectivity index is 1.92. The summed E-state index contributed by atoms with van der Waals surface area (Å²) in [5.74, 6) is 0.131. The lowest BCUT2D eigenvalue weighted by Gasteiger charge is -2.04. The Labute approximate surface area is 99.7 Å². The van der Waals surface area contributed by atoms with Gasteiger partial charge in [0.05, 0.1) is 6.54 Å². The molecule has 8 nitrogen and oxygen atoms in total. The maximum atomic E-state index is 11.6. The van der Waals surface area contributed by atoms with E-state index in [0.717, 1.165) is 17.0 Å². The fraction of sp³-hybridized carbons (Fsp3) is 0.375. The Morgan fingerprint density at radius 3 is 3.06 bits per heavy atom. The van der Waals surface area contributed by atoms with E-state index in [9.17, 15) is 9.59 Å². The fourth-order valence-corrected chi connectivity index (χ4v) is 1.97. The molecule has 1 amide bonds. The van der Waals surface area contributed by atoms with E-state index in [2.05, 4.69) is 25.9 Å². The molecule has 17 heavy (non-hydrogen) atoms. The second kappa shape index (κ2) is 4.87. The van der Waals surface area contributed by atoms with Crippen molar-refractivity contribution < 1.29 is 4.79 Å². The number of H-pyrrole nitrogens is 1. The molecule has 0 saturated heterocycles. The second-order valence-corrected chi connectivity index (χ2v) is 4.15. The van der Waals surface area contributed by atoms with Crippen LogP contribution in [-0.4, -0.2) is 31.1 Å². The number of tetrazole rings is 1. The summed E-state index contributed by atoms with van der Waals surface area (Å²) in [5.41, 5.74) is 0.773. The first-order valence-corrected chi connectivity index (χ1v) is 5.68. The van der Waals surface area contributed by atoms with Crippen molar-refractivity contribution >= 4 is 17.2 Å². The number of amides is 1. The number of nitrogens with one attached hydrogen (secondary N) is 2. The summed E-state index contributed by atoms with van der Waals surface area (Å²) < 4.78 is 1.41. The molecule has 9 heteroatoms. The van der Waals surface area contributed by atoms with Crippen LogP contribution in [0.15, 0.2) is 10.2 Å². The predicted molar refractivity (Wildman–Crippen MR) is 59.3 cm³/mol. The van der Waals surface area contributed by atoms with E-state index in [1.165, 1.54) is 4.57 Å². The van der Waals surface area contributed by atoms with Gasteiger partial charge in [0.1, 0.15) is 6.54 Å². The number of nitrogens with zero attached hydrogens (tertiary/aromatic N) is 4. The molecule has 2 rings (SSSR count). The van der Waals surface area contributed by atoms with Crippen molar-refractivity contribution in [2.75, 3.05) is 0 Å². The molecular formula is C8H10N6O2S. The predicted octanol–water partition coefficient (Wildman–Crippen LogP) is -0.952. The summed E-state index contributed by atoms with van der Waals surface area (Å²) in [6.07, 6.45) is 0. The van der Waals surface area contributed by atoms with Crippen molar-refractivity contribution in [3.05, 3.63) is 26.6 Å². The number of hydrogen-bond acceptors (Lipinski definition) is 6. The molecular weight excluding hydrogens is 244 g/mol. The van der Waals surface area contributed by atoms with E-state index >= 15 is 0 Å². The minimum absolute atomic E-state index is 0.00597. The number of hydrogen-bond donors (Lipinski definition) is 2. The fourth-order valence-electron chi connectivity index (χ4n) is 1.23. The zero-order chi connectivity index (χ0) is 12.3. The Morgan fingerprint density at radius 1 is 1.65 bits per heavy atom. The van der Waals surface area contributed by atoms with Gasteiger partial charge in [0.25, 0.3) is 0 Å². The molecule has 0 unspecified atom stereocenters. The van der Waals surface area contributed by atoms with Crippen LogP contribution in [0.2, 0.25) is 0 Å². The average Bonchev–Trinajstić information content (AvgIpc) is 2.91. The number of aryl methyl sites for hydroxylation is 1. The molecule has 0 bridgehead atoms. The van der Waals surface area contributed by atoms with Gasteiger partial charge in [-0.2, -0.15) is 5.21 Å². The molecule has 0 aromatic carbocycles. The largest absolute Gasteiger partial charge is 0.347 e. The quantitative estimate of drug-likeness (QED) is 0.731. The minimum atomic E-state index is -0.265. The molecule has 0 fully saturated rings. The number of aromatic amines is 1. The highest BCUT2D eigenvalue weighted by Crippen LogP contribution is 1.98. The van der Waals surface area contributed by atoms with Crippen LogP contribution in [0, 0.1) is 6.92 Å². The first kappa shape index (κ1) is 11.5. The van der Waals surface area contributed by atoms with Crippen molar-refractivity contribution in [3.8, 4) is 0 Å². The molecule has 0 atom stereocenters. The summed E-state index contributed by atoms with van der Waals surface area (Å²) in [5, 5.41) is 17.3. The summed E-state index contributed by atoms with van der Waals surface area (Å²) in [7, 11) is 0. The molecule has 2 N–H and O–H groups in total. The van der Waals surface area contributed by atoms with Crippen LogP contribution < -0.4 is 10.2 Å². The lowest BCUT2D eigenvalue weighted by Crippen LogP contribution is -2.31. The number of aromatic nitrogens is 5. The van der Waals surface area contributed by atoms with Crippen molar-refractivity contribution in [2.45, 2.75) is 20.0 Å². The van der Waals surface area contributed by atoms with Gasteiger partial charge in [-0.05, 0) is 6.92 Å². The molecule has 0 saturated carbocycles. The molecule has 0 spiro atoms. The first-order chi connectivity index (χ1) is 8.16. The molecule has 0 aliphatic rings. The Hall–Kier alpha value is -2.03. The highest BCUT2D eigenvalue weighted by molar-refractivity contribution is 7.07. The molecule has 2 aromatic rings. The van der Waals surface area contributed by atoms with Crippen LogP contribution in [0.25, 0.3) is 0 Å². The van der Waals surface area contributed by atoms with Gasteiger partial charge < -0.3 is 5.32 Å². The van der Waals surface area contributed by atoms with Crippen LogP contribution in [0.5, 0.6) is 0 Å². The van der Waals surface area contributed by atoms with Gasteiger partial charge in [-0.3, -0.25) is 14.2 Å². The van der Waals surface area contributed by atoms with Crippen molar-refractivity contribution in [1.82, 2.24) is 30.5 Å². The standard InChI is InChI=1S/C8H10N6O2S/c1-5-4-17-8(16)14(5)3-7(15)9-2-6-10-12-13-11-6/h4H,2-3H2,1H3,(H,9,15)(H,10,11,12,13). The molecule has 90 valence electrons.